The van der Waals surface area contributed by atoms with Gasteiger partial charge in [0.25, 0.3) is 0 Å². The van der Waals surface area contributed by atoms with Crippen LogP contribution in [0, 0.1) is 0 Å². The van der Waals surface area contributed by atoms with Crippen LogP contribution in [0.15, 0.2) is 48.5 Å². The van der Waals surface area contributed by atoms with Crippen molar-refractivity contribution in [3.63, 3.8) is 0 Å². The molecule has 0 aromatic heterocycles. The molecule has 8 heteroatoms. The van der Waals surface area contributed by atoms with Gasteiger partial charge in [0, 0.05) is 12.8 Å². The van der Waals surface area contributed by atoms with Gasteiger partial charge in [0.1, 0.15) is 11.2 Å². The fourth-order valence-electron chi connectivity index (χ4n) is 3.89. The van der Waals surface area contributed by atoms with Gasteiger partial charge < -0.3 is 0 Å². The number of carbonyl (C=O) groups is 2. The highest BCUT2D eigenvalue weighted by atomic mass is 17.5. The van der Waals surface area contributed by atoms with Crippen LogP contribution >= 0.6 is 0 Å². The van der Waals surface area contributed by atoms with Crippen LogP contribution in [0.5, 0.6) is 0 Å². The molecule has 0 bridgehead atoms. The Kier molecular flexibility index (Phi) is 13.3. The van der Waals surface area contributed by atoms with Crippen molar-refractivity contribution in [3.8, 4) is 0 Å². The Labute approximate surface area is 239 Å². The Morgan fingerprint density at radius 3 is 1.20 bits per heavy atom. The van der Waals surface area contributed by atoms with E-state index in [0.717, 1.165) is 24.0 Å². The van der Waals surface area contributed by atoms with Crippen molar-refractivity contribution in [2.24, 2.45) is 0 Å². The van der Waals surface area contributed by atoms with Crippen LogP contribution in [-0.2, 0) is 50.4 Å². The molecule has 0 N–H and O–H groups in total. The second kappa shape index (κ2) is 15.9. The molecule has 0 saturated carbocycles. The summed E-state index contributed by atoms with van der Waals surface area (Å²) in [5.41, 5.74) is 2.71. The third-order valence-corrected chi connectivity index (χ3v) is 6.80. The Morgan fingerprint density at radius 1 is 0.575 bits per heavy atom. The van der Waals surface area contributed by atoms with Gasteiger partial charge in [-0.15, -0.1) is 0 Å². The Hall–Kier alpha value is -2.78. The fraction of sp³-hybridized carbons (Fsp3) is 0.562. The molecule has 8 nitrogen and oxygen atoms in total. The summed E-state index contributed by atoms with van der Waals surface area (Å²) in [6, 6.07) is 16.1. The van der Waals surface area contributed by atoms with Crippen LogP contribution in [0.25, 0.3) is 0 Å². The van der Waals surface area contributed by atoms with E-state index in [1.54, 1.807) is 0 Å². The quantitative estimate of drug-likeness (QED) is 0.109. The lowest BCUT2D eigenvalue weighted by molar-refractivity contribution is -0.520. The minimum absolute atomic E-state index is 0.182. The zero-order chi connectivity index (χ0) is 29.8. The maximum absolute atomic E-state index is 11.9. The van der Waals surface area contributed by atoms with E-state index in [9.17, 15) is 9.59 Å². The molecule has 0 heterocycles. The minimum Gasteiger partial charge on any atom is -0.269 e. The molecule has 222 valence electrons. The van der Waals surface area contributed by atoms with E-state index in [-0.39, 0.29) is 12.8 Å². The van der Waals surface area contributed by atoms with E-state index in [1.807, 2.05) is 76.2 Å². The van der Waals surface area contributed by atoms with Crippen molar-refractivity contribution < 1.29 is 39.2 Å². The molecular formula is C32H46O8. The summed E-state index contributed by atoms with van der Waals surface area (Å²) >= 11 is 0. The van der Waals surface area contributed by atoms with Gasteiger partial charge in [-0.25, -0.2) is 9.59 Å². The summed E-state index contributed by atoms with van der Waals surface area (Å²) < 4.78 is 0. The molecule has 0 radical (unpaired) electrons. The Bertz CT molecular complexity index is 954. The minimum atomic E-state index is -0.784. The molecule has 0 saturated heterocycles. The Balaban J connectivity index is 1.54. The lowest BCUT2D eigenvalue weighted by Gasteiger charge is -2.23. The zero-order valence-corrected chi connectivity index (χ0v) is 25.3. The van der Waals surface area contributed by atoms with Gasteiger partial charge in [-0.1, -0.05) is 89.1 Å². The van der Waals surface area contributed by atoms with Crippen LogP contribution < -0.4 is 0 Å². The number of carbonyl (C=O) groups excluding carboxylic acids is 2. The van der Waals surface area contributed by atoms with Crippen molar-refractivity contribution in [3.05, 3.63) is 70.8 Å². The van der Waals surface area contributed by atoms with E-state index in [1.165, 1.54) is 11.1 Å². The van der Waals surface area contributed by atoms with Crippen molar-refractivity contribution >= 4 is 11.9 Å². The lowest BCUT2D eigenvalue weighted by Crippen LogP contribution is -2.23. The lowest BCUT2D eigenvalue weighted by atomic mass is 9.94. The van der Waals surface area contributed by atoms with Gasteiger partial charge in [-0.3, -0.25) is 9.78 Å². The first-order valence-electron chi connectivity index (χ1n) is 14.1. The second-order valence-corrected chi connectivity index (χ2v) is 11.7. The first-order chi connectivity index (χ1) is 18.8. The predicted molar refractivity (Wildman–Crippen MR) is 151 cm³/mol. The monoisotopic (exact) mass is 558 g/mol. The molecule has 40 heavy (non-hydrogen) atoms. The standard InChI is InChI=1S/C32H46O8/c1-23(2)25-15-19-27(20-16-25)31(5,6)37-39-35-29(33)13-11-9-10-12-14-30(34)36-40-38-32(7,8)28-21-17-26(18-22-28)24(3)4/h15-24H,9-14H2,1-8H3. The number of hydrogen-bond acceptors (Lipinski definition) is 8. The average Bonchev–Trinajstić information content (AvgIpc) is 2.90. The van der Waals surface area contributed by atoms with Crippen LogP contribution in [0.2, 0.25) is 0 Å². The molecule has 0 fully saturated rings. The van der Waals surface area contributed by atoms with Crippen molar-refractivity contribution in [2.75, 3.05) is 0 Å². The summed E-state index contributed by atoms with van der Waals surface area (Å²) in [5.74, 6) is -0.155. The third kappa shape index (κ3) is 11.4. The smallest absolute Gasteiger partial charge is 0.269 e. The maximum Gasteiger partial charge on any atom is 0.345 e. The molecule has 2 rings (SSSR count). The first kappa shape index (κ1) is 33.4. The molecule has 0 aliphatic carbocycles. The van der Waals surface area contributed by atoms with E-state index in [4.69, 9.17) is 29.6 Å². The van der Waals surface area contributed by atoms with E-state index in [2.05, 4.69) is 27.7 Å². The highest BCUT2D eigenvalue weighted by Gasteiger charge is 2.25. The van der Waals surface area contributed by atoms with E-state index >= 15 is 0 Å². The van der Waals surface area contributed by atoms with Gasteiger partial charge in [0.2, 0.25) is 0 Å². The van der Waals surface area contributed by atoms with Gasteiger partial charge in [-0.05, 0) is 84.7 Å². The highest BCUT2D eigenvalue weighted by Crippen LogP contribution is 2.28. The predicted octanol–water partition coefficient (Wildman–Crippen LogP) is 8.26. The van der Waals surface area contributed by atoms with Gasteiger partial charge in [0.15, 0.2) is 0 Å². The van der Waals surface area contributed by atoms with Crippen LogP contribution in [0.4, 0.5) is 0 Å². The van der Waals surface area contributed by atoms with E-state index < -0.39 is 23.1 Å². The van der Waals surface area contributed by atoms with Gasteiger partial charge >= 0.3 is 11.9 Å². The summed E-state index contributed by atoms with van der Waals surface area (Å²) in [6.07, 6.45) is 3.05. The fourth-order valence-corrected chi connectivity index (χ4v) is 3.89. The van der Waals surface area contributed by atoms with Crippen LogP contribution in [-0.4, -0.2) is 11.9 Å². The summed E-state index contributed by atoms with van der Waals surface area (Å²) in [5, 5.41) is 9.54. The molecule has 0 aliphatic rings. The van der Waals surface area contributed by atoms with Crippen molar-refractivity contribution in [1.82, 2.24) is 0 Å². The topological polar surface area (TPSA) is 89.5 Å². The SMILES string of the molecule is CC(C)c1ccc(C(C)(C)OOOC(=O)CCCCCCC(=O)OOOC(C)(C)c2ccc(C(C)C)cc2)cc1. The van der Waals surface area contributed by atoms with Gasteiger partial charge in [-0.2, -0.15) is 9.78 Å². The van der Waals surface area contributed by atoms with Gasteiger partial charge in [0.05, 0.1) is 0 Å². The number of rotatable bonds is 17. The van der Waals surface area contributed by atoms with Crippen LogP contribution in [0.1, 0.15) is 128 Å². The molecule has 0 spiro atoms. The molecule has 0 unspecified atom stereocenters. The molecule has 2 aromatic rings. The van der Waals surface area contributed by atoms with Crippen LogP contribution in [0.3, 0.4) is 0 Å². The molecular weight excluding hydrogens is 512 g/mol. The normalized spacial score (nSPS) is 12.2. The number of benzene rings is 2. The molecule has 0 amide bonds. The highest BCUT2D eigenvalue weighted by molar-refractivity contribution is 5.68. The molecule has 2 aromatic carbocycles. The third-order valence-electron chi connectivity index (χ3n) is 6.80. The number of unbranched alkanes of at least 4 members (excludes halogenated alkanes) is 3. The van der Waals surface area contributed by atoms with Crippen molar-refractivity contribution in [1.29, 1.82) is 0 Å². The summed E-state index contributed by atoms with van der Waals surface area (Å²) in [6.45, 7) is 15.9. The molecule has 0 aliphatic heterocycles. The number of hydrogen-bond donors (Lipinski definition) is 0. The zero-order valence-electron chi connectivity index (χ0n) is 25.3. The largest absolute Gasteiger partial charge is 0.345 e. The van der Waals surface area contributed by atoms with Crippen molar-refractivity contribution in [2.45, 2.75) is 117 Å². The summed E-state index contributed by atoms with van der Waals surface area (Å²) in [7, 11) is 0. The molecule has 0 atom stereocenters. The first-order valence-corrected chi connectivity index (χ1v) is 14.1. The van der Waals surface area contributed by atoms with E-state index in [0.29, 0.717) is 24.7 Å². The Morgan fingerprint density at radius 2 is 0.900 bits per heavy atom. The maximum atomic E-state index is 11.9. The average molecular weight is 559 g/mol. The second-order valence-electron chi connectivity index (χ2n) is 11.7. The summed E-state index contributed by atoms with van der Waals surface area (Å²) in [4.78, 5) is 44.1.